The number of carbonyl (C=O) groups excluding carboxylic acids is 1. The number of benzene rings is 2. The van der Waals surface area contributed by atoms with Crippen LogP contribution in [-0.2, 0) is 15.0 Å². The van der Waals surface area contributed by atoms with E-state index in [-0.39, 0.29) is 33.4 Å². The van der Waals surface area contributed by atoms with Gasteiger partial charge in [-0.2, -0.15) is 13.4 Å². The summed E-state index contributed by atoms with van der Waals surface area (Å²) in [6, 6.07) is 7.76. The van der Waals surface area contributed by atoms with Gasteiger partial charge in [-0.05, 0) is 50.2 Å². The van der Waals surface area contributed by atoms with Crippen LogP contribution in [0.25, 0.3) is 0 Å². The van der Waals surface area contributed by atoms with E-state index in [9.17, 15) is 17.1 Å². The third-order valence-electron chi connectivity index (χ3n) is 4.42. The van der Waals surface area contributed by atoms with Crippen molar-refractivity contribution in [1.82, 2.24) is 0 Å². The van der Waals surface area contributed by atoms with E-state index < -0.39 is 33.3 Å². The van der Waals surface area contributed by atoms with E-state index >= 15 is 0 Å². The Bertz CT molecular complexity index is 1280. The fourth-order valence-electron chi connectivity index (χ4n) is 3.08. The van der Waals surface area contributed by atoms with Crippen molar-refractivity contribution in [2.24, 2.45) is 21.5 Å². The highest BCUT2D eigenvalue weighted by Gasteiger charge is 2.33. The monoisotopic (exact) mass is 516 g/mol. The summed E-state index contributed by atoms with van der Waals surface area (Å²) in [5.41, 5.74) is 11.3. The van der Waals surface area contributed by atoms with Crippen LogP contribution in [-0.4, -0.2) is 38.5 Å². The second-order valence-electron chi connectivity index (χ2n) is 7.30. The molecule has 0 atom stereocenters. The molecular weight excluding hydrogens is 498 g/mol. The number of guanidine groups is 2. The highest BCUT2D eigenvalue weighted by atomic mass is 35.5. The first-order valence-electron chi connectivity index (χ1n) is 9.24. The van der Waals surface area contributed by atoms with Gasteiger partial charge in [-0.3, -0.25) is 9.69 Å². The number of nitrogens with zero attached hydrogens (tertiary/aromatic N) is 3. The summed E-state index contributed by atoms with van der Waals surface area (Å²) in [4.78, 5) is 21.4. The molecule has 0 saturated carbocycles. The molecule has 1 aliphatic rings. The van der Waals surface area contributed by atoms with Crippen LogP contribution >= 0.6 is 23.2 Å². The number of anilines is 2. The maximum Gasteiger partial charge on any atom is 0.332 e. The van der Waals surface area contributed by atoms with Gasteiger partial charge in [-0.1, -0.05) is 23.2 Å². The average molecular weight is 517 g/mol. The molecule has 14 heteroatoms. The molecule has 0 bridgehead atoms. The highest BCUT2D eigenvalue weighted by Crippen LogP contribution is 2.34. The highest BCUT2D eigenvalue weighted by molar-refractivity contribution is 7.86. The molecule has 1 heterocycles. The number of hydrogen-bond donors (Lipinski definition) is 3. The van der Waals surface area contributed by atoms with Gasteiger partial charge >= 0.3 is 10.2 Å². The van der Waals surface area contributed by atoms with Gasteiger partial charge in [0.1, 0.15) is 16.3 Å². The van der Waals surface area contributed by atoms with Crippen molar-refractivity contribution in [2.45, 2.75) is 24.4 Å². The van der Waals surface area contributed by atoms with Crippen molar-refractivity contribution in [3.63, 3.8) is 0 Å². The average Bonchev–Trinajstić information content (AvgIpc) is 2.66. The van der Waals surface area contributed by atoms with Crippen LogP contribution in [0.2, 0.25) is 10.0 Å². The van der Waals surface area contributed by atoms with Crippen LogP contribution in [0.1, 0.15) is 13.8 Å². The molecule has 3 rings (SSSR count). The van der Waals surface area contributed by atoms with E-state index in [0.29, 0.717) is 5.69 Å². The quantitative estimate of drug-likeness (QED) is 0.498. The van der Waals surface area contributed by atoms with E-state index in [0.717, 1.165) is 18.2 Å². The number of rotatable bonds is 6. The number of carbonyl (C=O) groups is 1. The summed E-state index contributed by atoms with van der Waals surface area (Å²) < 4.78 is 40.7. The Balaban J connectivity index is 1.71. The fraction of sp³-hybridized carbons (Fsp3) is 0.211. The molecule has 0 aliphatic carbocycles. The first-order valence-corrected chi connectivity index (χ1v) is 11.4. The minimum atomic E-state index is -4.96. The summed E-state index contributed by atoms with van der Waals surface area (Å²) >= 11 is 12.2. The Hall–Kier alpha value is -3.09. The molecule has 0 fully saturated rings. The standard InChI is InChI=1S/C19H19Cl2FN6O4S/c1-19(2)27-17(23)26-18(24)28(19)10-3-6-15(13(21)7-10)32-9-16(29)25-14-8-11(33(22,30)31)4-5-12(14)20/h3-8H,9H2,1-2H3,(H,25,29)(H4,23,24,26,27). The normalized spacial score (nSPS) is 15.5. The summed E-state index contributed by atoms with van der Waals surface area (Å²) in [6.07, 6.45) is 0. The zero-order valence-electron chi connectivity index (χ0n) is 17.3. The molecule has 5 N–H and O–H groups in total. The number of amides is 1. The van der Waals surface area contributed by atoms with Gasteiger partial charge in [-0.25, -0.2) is 4.99 Å². The van der Waals surface area contributed by atoms with Crippen LogP contribution < -0.4 is 26.4 Å². The molecule has 0 saturated heterocycles. The zero-order chi connectivity index (χ0) is 24.6. The maximum atomic E-state index is 13.2. The predicted molar refractivity (Wildman–Crippen MR) is 125 cm³/mol. The molecule has 0 unspecified atom stereocenters. The first kappa shape index (κ1) is 24.6. The smallest absolute Gasteiger partial charge is 0.332 e. The number of hydrogen-bond acceptors (Lipinski definition) is 9. The third kappa shape index (κ3) is 5.64. The third-order valence-corrected chi connectivity index (χ3v) is 5.86. The molecule has 0 spiro atoms. The minimum absolute atomic E-state index is 0.0184. The number of nitrogens with one attached hydrogen (secondary N) is 1. The van der Waals surface area contributed by atoms with Gasteiger partial charge in [0, 0.05) is 5.69 Å². The molecule has 33 heavy (non-hydrogen) atoms. The van der Waals surface area contributed by atoms with Crippen LogP contribution in [0.5, 0.6) is 5.75 Å². The predicted octanol–water partition coefficient (Wildman–Crippen LogP) is 2.85. The Morgan fingerprint density at radius 2 is 1.88 bits per heavy atom. The lowest BCUT2D eigenvalue weighted by Gasteiger charge is -2.38. The second-order valence-corrected chi connectivity index (χ2v) is 9.46. The van der Waals surface area contributed by atoms with Crippen molar-refractivity contribution in [1.29, 1.82) is 0 Å². The van der Waals surface area contributed by atoms with E-state index in [1.165, 1.54) is 6.07 Å². The Morgan fingerprint density at radius 3 is 2.48 bits per heavy atom. The Kier molecular flexibility index (Phi) is 6.73. The topological polar surface area (TPSA) is 152 Å². The lowest BCUT2D eigenvalue weighted by atomic mass is 10.1. The second kappa shape index (κ2) is 9.04. The van der Waals surface area contributed by atoms with E-state index in [2.05, 4.69) is 15.3 Å². The van der Waals surface area contributed by atoms with Gasteiger partial charge in [0.2, 0.25) is 11.9 Å². The van der Waals surface area contributed by atoms with Crippen LogP contribution in [0, 0.1) is 0 Å². The Labute approximate surface area is 199 Å². The maximum absolute atomic E-state index is 13.2. The van der Waals surface area contributed by atoms with Gasteiger partial charge < -0.3 is 21.5 Å². The number of aliphatic imine (C=N–C) groups is 2. The van der Waals surface area contributed by atoms with Gasteiger partial charge in [-0.15, -0.1) is 3.89 Å². The van der Waals surface area contributed by atoms with E-state index in [4.69, 9.17) is 39.4 Å². The lowest BCUT2D eigenvalue weighted by Crippen LogP contribution is -2.54. The number of halogens is 3. The molecule has 1 amide bonds. The van der Waals surface area contributed by atoms with Gasteiger partial charge in [0.25, 0.3) is 5.91 Å². The number of nitrogens with two attached hydrogens (primary N) is 2. The van der Waals surface area contributed by atoms with Crippen molar-refractivity contribution >= 4 is 62.6 Å². The van der Waals surface area contributed by atoms with Crippen molar-refractivity contribution in [3.8, 4) is 5.75 Å². The molecule has 10 nitrogen and oxygen atoms in total. The van der Waals surface area contributed by atoms with Crippen molar-refractivity contribution in [3.05, 3.63) is 46.4 Å². The molecule has 176 valence electrons. The zero-order valence-corrected chi connectivity index (χ0v) is 19.7. The van der Waals surface area contributed by atoms with Crippen LogP contribution in [0.4, 0.5) is 15.3 Å². The molecule has 2 aromatic rings. The fourth-order valence-corrected chi connectivity index (χ4v) is 3.96. The Morgan fingerprint density at radius 1 is 1.18 bits per heavy atom. The molecule has 2 aromatic carbocycles. The largest absolute Gasteiger partial charge is 0.482 e. The SMILES string of the molecule is CC1(C)N=C(N)N=C(N)N1c1ccc(OCC(=O)Nc2cc(S(=O)(=O)F)ccc2Cl)c(Cl)c1. The summed E-state index contributed by atoms with van der Waals surface area (Å²) in [5.74, 6) is -0.300. The minimum Gasteiger partial charge on any atom is -0.482 e. The molecule has 1 aliphatic heterocycles. The van der Waals surface area contributed by atoms with E-state index in [1.807, 2.05) is 0 Å². The van der Waals surface area contributed by atoms with Gasteiger partial charge in [0.05, 0.1) is 15.7 Å². The van der Waals surface area contributed by atoms with Crippen molar-refractivity contribution in [2.75, 3.05) is 16.8 Å². The summed E-state index contributed by atoms with van der Waals surface area (Å²) in [6.45, 7) is 3.10. The summed E-state index contributed by atoms with van der Waals surface area (Å²) in [5, 5.41) is 2.55. The van der Waals surface area contributed by atoms with Gasteiger partial charge in [0.15, 0.2) is 6.61 Å². The molecule has 0 radical (unpaired) electrons. The van der Waals surface area contributed by atoms with E-state index in [1.54, 1.807) is 30.9 Å². The summed E-state index contributed by atoms with van der Waals surface area (Å²) in [7, 11) is -4.96. The van der Waals surface area contributed by atoms with Crippen molar-refractivity contribution < 1.29 is 21.8 Å². The molecular formula is C19H19Cl2FN6O4S. The van der Waals surface area contributed by atoms with Crippen LogP contribution in [0.3, 0.4) is 0 Å². The number of ether oxygens (including phenoxy) is 1. The van der Waals surface area contributed by atoms with Crippen LogP contribution in [0.15, 0.2) is 51.3 Å². The lowest BCUT2D eigenvalue weighted by molar-refractivity contribution is -0.118. The molecule has 0 aromatic heterocycles. The first-order chi connectivity index (χ1) is 15.3.